The first kappa shape index (κ1) is 12.6. The second kappa shape index (κ2) is 5.54. The summed E-state index contributed by atoms with van der Waals surface area (Å²) in [5.41, 5.74) is 7.69. The molecule has 88 valence electrons. The van der Waals surface area contributed by atoms with Crippen LogP contribution in [0, 0.1) is 6.92 Å². The lowest BCUT2D eigenvalue weighted by Crippen LogP contribution is -2.17. The van der Waals surface area contributed by atoms with Crippen LogP contribution in [0.3, 0.4) is 0 Å². The van der Waals surface area contributed by atoms with Gasteiger partial charge in [-0.2, -0.15) is 0 Å². The van der Waals surface area contributed by atoms with Gasteiger partial charge in [-0.25, -0.2) is 4.79 Å². The second-order valence-corrected chi connectivity index (χ2v) is 3.92. The lowest BCUT2D eigenvalue weighted by Gasteiger charge is -2.15. The van der Waals surface area contributed by atoms with E-state index in [4.69, 9.17) is 10.5 Å². The monoisotopic (exact) mass is 221 g/mol. The van der Waals surface area contributed by atoms with Crippen LogP contribution in [0.2, 0.25) is 0 Å². The van der Waals surface area contributed by atoms with Crippen LogP contribution in [0.1, 0.15) is 42.6 Å². The summed E-state index contributed by atoms with van der Waals surface area (Å²) in [6, 6.07) is 5.28. The Bertz CT molecular complexity index is 370. The van der Waals surface area contributed by atoms with Crippen LogP contribution in [-0.4, -0.2) is 12.1 Å². The highest BCUT2D eigenvalue weighted by atomic mass is 16.5. The zero-order valence-corrected chi connectivity index (χ0v) is 10.1. The smallest absolute Gasteiger partial charge is 0.338 e. The summed E-state index contributed by atoms with van der Waals surface area (Å²) in [6.07, 6.45) is 1.67. The Morgan fingerprint density at radius 3 is 2.56 bits per heavy atom. The molecule has 0 aromatic heterocycles. The first-order valence-electron chi connectivity index (χ1n) is 5.65. The van der Waals surface area contributed by atoms with E-state index in [0.717, 1.165) is 18.4 Å². The van der Waals surface area contributed by atoms with Gasteiger partial charge in [0, 0.05) is 5.69 Å². The highest BCUT2D eigenvalue weighted by Gasteiger charge is 2.15. The predicted molar refractivity (Wildman–Crippen MR) is 65.4 cm³/mol. The fourth-order valence-electron chi connectivity index (χ4n) is 1.53. The quantitative estimate of drug-likeness (QED) is 0.628. The van der Waals surface area contributed by atoms with Crippen LogP contribution < -0.4 is 5.73 Å². The molecule has 0 saturated carbocycles. The molecule has 3 heteroatoms. The van der Waals surface area contributed by atoms with Crippen molar-refractivity contribution >= 4 is 11.7 Å². The number of ether oxygens (including phenoxy) is 1. The number of carbonyl (C=O) groups is 1. The van der Waals surface area contributed by atoms with Gasteiger partial charge in [0.15, 0.2) is 0 Å². The van der Waals surface area contributed by atoms with E-state index in [1.165, 1.54) is 0 Å². The predicted octanol–water partition coefficient (Wildman–Crippen LogP) is 2.92. The molecule has 0 spiro atoms. The Balaban J connectivity index is 2.83. The van der Waals surface area contributed by atoms with E-state index >= 15 is 0 Å². The fraction of sp³-hybridized carbons (Fsp3) is 0.462. The number of benzene rings is 1. The normalized spacial score (nSPS) is 10.5. The maximum absolute atomic E-state index is 11.9. The van der Waals surface area contributed by atoms with Gasteiger partial charge in [-0.05, 0) is 37.5 Å². The standard InChI is InChI=1S/C13H19NO2/c1-4-11(5-2)16-13(15)12-8-10(14)7-6-9(12)3/h6-8,11H,4-5,14H2,1-3H3. The molecular formula is C13H19NO2. The van der Waals surface area contributed by atoms with Crippen molar-refractivity contribution in [1.82, 2.24) is 0 Å². The lowest BCUT2D eigenvalue weighted by atomic mass is 10.1. The number of aryl methyl sites for hydroxylation is 1. The van der Waals surface area contributed by atoms with Crippen LogP contribution in [0.5, 0.6) is 0 Å². The van der Waals surface area contributed by atoms with E-state index in [-0.39, 0.29) is 12.1 Å². The molecule has 0 aliphatic rings. The van der Waals surface area contributed by atoms with Gasteiger partial charge in [0.1, 0.15) is 6.10 Å². The SMILES string of the molecule is CCC(CC)OC(=O)c1cc(N)ccc1C. The van der Waals surface area contributed by atoms with Crippen LogP contribution >= 0.6 is 0 Å². The molecular weight excluding hydrogens is 202 g/mol. The zero-order chi connectivity index (χ0) is 12.1. The first-order valence-corrected chi connectivity index (χ1v) is 5.65. The van der Waals surface area contributed by atoms with Crippen molar-refractivity contribution in [2.45, 2.75) is 39.7 Å². The van der Waals surface area contributed by atoms with Crippen LogP contribution in [-0.2, 0) is 4.74 Å². The molecule has 1 rings (SSSR count). The largest absolute Gasteiger partial charge is 0.459 e. The number of rotatable bonds is 4. The summed E-state index contributed by atoms with van der Waals surface area (Å²) in [7, 11) is 0. The van der Waals surface area contributed by atoms with Gasteiger partial charge in [-0.1, -0.05) is 19.9 Å². The Kier molecular flexibility index (Phi) is 4.35. The Labute approximate surface area is 96.6 Å². The van der Waals surface area contributed by atoms with Crippen LogP contribution in [0.25, 0.3) is 0 Å². The van der Waals surface area contributed by atoms with Crippen molar-refractivity contribution in [3.8, 4) is 0 Å². The van der Waals surface area contributed by atoms with E-state index in [2.05, 4.69) is 0 Å². The fourth-order valence-corrected chi connectivity index (χ4v) is 1.53. The Hall–Kier alpha value is -1.51. The molecule has 0 bridgehead atoms. The Morgan fingerprint density at radius 2 is 2.00 bits per heavy atom. The lowest BCUT2D eigenvalue weighted by molar-refractivity contribution is 0.0283. The van der Waals surface area contributed by atoms with Gasteiger partial charge in [0.05, 0.1) is 5.56 Å². The average molecular weight is 221 g/mol. The van der Waals surface area contributed by atoms with Crippen LogP contribution in [0.15, 0.2) is 18.2 Å². The van der Waals surface area contributed by atoms with Gasteiger partial charge < -0.3 is 10.5 Å². The maximum Gasteiger partial charge on any atom is 0.338 e. The highest BCUT2D eigenvalue weighted by Crippen LogP contribution is 2.15. The third kappa shape index (κ3) is 2.99. The van der Waals surface area contributed by atoms with Crippen molar-refractivity contribution < 1.29 is 9.53 Å². The molecule has 0 aliphatic carbocycles. The minimum absolute atomic E-state index is 0.00618. The second-order valence-electron chi connectivity index (χ2n) is 3.92. The number of hydrogen-bond acceptors (Lipinski definition) is 3. The molecule has 2 N–H and O–H groups in total. The number of nitrogen functional groups attached to an aromatic ring is 1. The minimum Gasteiger partial charge on any atom is -0.459 e. The third-order valence-corrected chi connectivity index (χ3v) is 2.67. The molecule has 0 fully saturated rings. The number of anilines is 1. The van der Waals surface area contributed by atoms with E-state index in [1.54, 1.807) is 12.1 Å². The molecule has 0 radical (unpaired) electrons. The van der Waals surface area contributed by atoms with Gasteiger partial charge in [0.2, 0.25) is 0 Å². The van der Waals surface area contributed by atoms with Gasteiger partial charge in [-0.15, -0.1) is 0 Å². The summed E-state index contributed by atoms with van der Waals surface area (Å²) in [6.45, 7) is 5.89. The van der Waals surface area contributed by atoms with E-state index < -0.39 is 0 Å². The minimum atomic E-state index is -0.279. The topological polar surface area (TPSA) is 52.3 Å². The summed E-state index contributed by atoms with van der Waals surface area (Å²) < 4.78 is 5.38. The number of carbonyl (C=O) groups excluding carboxylic acids is 1. The van der Waals surface area contributed by atoms with E-state index in [9.17, 15) is 4.79 Å². The molecule has 3 nitrogen and oxygen atoms in total. The van der Waals surface area contributed by atoms with Crippen molar-refractivity contribution in [3.63, 3.8) is 0 Å². The zero-order valence-electron chi connectivity index (χ0n) is 10.1. The van der Waals surface area contributed by atoms with E-state index in [1.807, 2.05) is 26.8 Å². The summed E-state index contributed by atoms with van der Waals surface area (Å²) in [5.74, 6) is -0.279. The van der Waals surface area contributed by atoms with Gasteiger partial charge >= 0.3 is 5.97 Å². The number of nitrogens with two attached hydrogens (primary N) is 1. The van der Waals surface area contributed by atoms with Crippen molar-refractivity contribution in [3.05, 3.63) is 29.3 Å². The van der Waals surface area contributed by atoms with Crippen molar-refractivity contribution in [1.29, 1.82) is 0 Å². The molecule has 1 aromatic rings. The first-order chi connectivity index (χ1) is 7.58. The highest BCUT2D eigenvalue weighted by molar-refractivity contribution is 5.92. The average Bonchev–Trinajstić information content (AvgIpc) is 2.28. The molecule has 0 atom stereocenters. The summed E-state index contributed by atoms with van der Waals surface area (Å²) in [4.78, 5) is 11.9. The van der Waals surface area contributed by atoms with Gasteiger partial charge in [0.25, 0.3) is 0 Å². The Morgan fingerprint density at radius 1 is 1.38 bits per heavy atom. The number of esters is 1. The maximum atomic E-state index is 11.9. The van der Waals surface area contributed by atoms with Gasteiger partial charge in [-0.3, -0.25) is 0 Å². The third-order valence-electron chi connectivity index (χ3n) is 2.67. The molecule has 0 aliphatic heterocycles. The molecule has 1 aromatic carbocycles. The molecule has 0 unspecified atom stereocenters. The van der Waals surface area contributed by atoms with Crippen LogP contribution in [0.4, 0.5) is 5.69 Å². The van der Waals surface area contributed by atoms with Crippen molar-refractivity contribution in [2.75, 3.05) is 5.73 Å². The summed E-state index contributed by atoms with van der Waals surface area (Å²) >= 11 is 0. The molecule has 0 heterocycles. The molecule has 0 amide bonds. The molecule has 16 heavy (non-hydrogen) atoms. The number of hydrogen-bond donors (Lipinski definition) is 1. The van der Waals surface area contributed by atoms with E-state index in [0.29, 0.717) is 11.3 Å². The molecule has 0 saturated heterocycles. The van der Waals surface area contributed by atoms with Crippen molar-refractivity contribution in [2.24, 2.45) is 0 Å². The summed E-state index contributed by atoms with van der Waals surface area (Å²) in [5, 5.41) is 0.